The summed E-state index contributed by atoms with van der Waals surface area (Å²) in [6.07, 6.45) is -0.0645. The molecule has 0 aliphatic rings. The highest BCUT2D eigenvalue weighted by Gasteiger charge is 2.19. The molecule has 26 heavy (non-hydrogen) atoms. The molecule has 2 aromatic carbocycles. The highest BCUT2D eigenvalue weighted by Crippen LogP contribution is 2.20. The molecule has 0 aromatic heterocycles. The molecule has 2 aromatic rings. The highest BCUT2D eigenvalue weighted by molar-refractivity contribution is 6.31. The van der Waals surface area contributed by atoms with Crippen molar-refractivity contribution in [3.63, 3.8) is 0 Å². The topological polar surface area (TPSA) is 66.8 Å². The van der Waals surface area contributed by atoms with E-state index in [1.807, 2.05) is 0 Å². The van der Waals surface area contributed by atoms with Crippen molar-refractivity contribution in [2.24, 2.45) is 0 Å². The van der Waals surface area contributed by atoms with Gasteiger partial charge in [-0.2, -0.15) is 0 Å². The van der Waals surface area contributed by atoms with Crippen molar-refractivity contribution in [2.45, 2.75) is 13.0 Å². The molecule has 0 bridgehead atoms. The van der Waals surface area contributed by atoms with Gasteiger partial charge in [0.05, 0.1) is 18.6 Å². The fourth-order valence-electron chi connectivity index (χ4n) is 2.51. The van der Waals surface area contributed by atoms with Gasteiger partial charge in [0.1, 0.15) is 5.82 Å². The molecule has 2 rings (SSSR count). The van der Waals surface area contributed by atoms with Crippen molar-refractivity contribution in [3.8, 4) is 0 Å². The van der Waals surface area contributed by atoms with Gasteiger partial charge >= 0.3 is 5.97 Å². The average Bonchev–Trinajstić information content (AvgIpc) is 2.60. The number of carboxylic acid groups (broad SMARTS) is 1. The Bertz CT molecular complexity index is 797. The Kier molecular flexibility index (Phi) is 7.12. The Morgan fingerprint density at radius 3 is 2.58 bits per heavy atom. The summed E-state index contributed by atoms with van der Waals surface area (Å²) < 4.78 is 18.3. The van der Waals surface area contributed by atoms with Crippen LogP contribution in [0.2, 0.25) is 5.02 Å². The Morgan fingerprint density at radius 2 is 1.92 bits per heavy atom. The second-order valence-corrected chi connectivity index (χ2v) is 6.09. The number of carbonyl (C=O) groups is 2. The second-order valence-electron chi connectivity index (χ2n) is 5.68. The van der Waals surface area contributed by atoms with Crippen LogP contribution in [0.1, 0.15) is 21.5 Å². The van der Waals surface area contributed by atoms with Gasteiger partial charge in [0.25, 0.3) is 0 Å². The minimum absolute atomic E-state index is 0.0645. The third-order valence-corrected chi connectivity index (χ3v) is 4.24. The number of ether oxygens (including phenoxy) is 1. The van der Waals surface area contributed by atoms with Gasteiger partial charge < -0.3 is 14.7 Å². The standard InChI is InChI=1S/C19H19ClFNO4/c1-26-9-8-22(12-14-6-7-15(21)11-17(14)20)18(23)10-13-4-2-3-5-16(13)19(24)25/h2-7,11H,8-10,12H2,1H3,(H,24,25). The van der Waals surface area contributed by atoms with E-state index in [0.29, 0.717) is 24.3 Å². The molecule has 0 saturated carbocycles. The molecule has 0 heterocycles. The average molecular weight is 380 g/mol. The van der Waals surface area contributed by atoms with Crippen molar-refractivity contribution in [1.29, 1.82) is 0 Å². The lowest BCUT2D eigenvalue weighted by Crippen LogP contribution is -2.35. The van der Waals surface area contributed by atoms with E-state index in [4.69, 9.17) is 16.3 Å². The summed E-state index contributed by atoms with van der Waals surface area (Å²) in [6.45, 7) is 0.792. The van der Waals surface area contributed by atoms with E-state index in [2.05, 4.69) is 0 Å². The summed E-state index contributed by atoms with van der Waals surface area (Å²) >= 11 is 6.05. The molecular weight excluding hydrogens is 361 g/mol. The van der Waals surface area contributed by atoms with E-state index in [0.717, 1.165) is 0 Å². The molecule has 0 fully saturated rings. The Balaban J connectivity index is 2.20. The van der Waals surface area contributed by atoms with Crippen molar-refractivity contribution in [1.82, 2.24) is 4.90 Å². The van der Waals surface area contributed by atoms with E-state index >= 15 is 0 Å². The minimum Gasteiger partial charge on any atom is -0.478 e. The smallest absolute Gasteiger partial charge is 0.335 e. The summed E-state index contributed by atoms with van der Waals surface area (Å²) in [5.41, 5.74) is 1.12. The molecule has 0 spiro atoms. The van der Waals surface area contributed by atoms with Crippen LogP contribution in [0, 0.1) is 5.82 Å². The van der Waals surface area contributed by atoms with E-state index in [9.17, 15) is 19.1 Å². The first kappa shape index (κ1) is 19.9. The number of benzene rings is 2. The molecule has 7 heteroatoms. The number of methoxy groups -OCH3 is 1. The zero-order chi connectivity index (χ0) is 19.1. The maximum atomic E-state index is 13.2. The predicted molar refractivity (Wildman–Crippen MR) is 95.8 cm³/mol. The molecule has 0 unspecified atom stereocenters. The molecular formula is C19H19ClFNO4. The lowest BCUT2D eigenvalue weighted by Gasteiger charge is -2.23. The summed E-state index contributed by atoms with van der Waals surface area (Å²) in [5, 5.41) is 9.49. The van der Waals surface area contributed by atoms with Gasteiger partial charge in [-0.15, -0.1) is 0 Å². The first-order valence-corrected chi connectivity index (χ1v) is 8.32. The molecule has 0 saturated heterocycles. The van der Waals surface area contributed by atoms with Crippen LogP contribution < -0.4 is 0 Å². The van der Waals surface area contributed by atoms with Gasteiger partial charge in [-0.3, -0.25) is 4.79 Å². The van der Waals surface area contributed by atoms with Crippen LogP contribution in [0.4, 0.5) is 4.39 Å². The van der Waals surface area contributed by atoms with Gasteiger partial charge in [-0.1, -0.05) is 35.9 Å². The molecule has 138 valence electrons. The molecule has 5 nitrogen and oxygen atoms in total. The lowest BCUT2D eigenvalue weighted by atomic mass is 10.0. The number of nitrogens with zero attached hydrogens (tertiary/aromatic N) is 1. The number of hydrogen-bond donors (Lipinski definition) is 1. The Hall–Kier alpha value is -2.44. The fraction of sp³-hybridized carbons (Fsp3) is 0.263. The minimum atomic E-state index is -1.08. The maximum Gasteiger partial charge on any atom is 0.335 e. The zero-order valence-corrected chi connectivity index (χ0v) is 15.0. The van der Waals surface area contributed by atoms with Crippen molar-refractivity contribution in [3.05, 3.63) is 70.0 Å². The van der Waals surface area contributed by atoms with Crippen LogP contribution >= 0.6 is 11.6 Å². The van der Waals surface area contributed by atoms with Crippen molar-refractivity contribution < 1.29 is 23.8 Å². The molecule has 0 aliphatic heterocycles. The van der Waals surface area contributed by atoms with Crippen LogP contribution in [0.25, 0.3) is 0 Å². The summed E-state index contributed by atoms with van der Waals surface area (Å²) in [7, 11) is 1.52. The fourth-order valence-corrected chi connectivity index (χ4v) is 2.73. The van der Waals surface area contributed by atoms with E-state index in [1.165, 1.54) is 36.3 Å². The number of amides is 1. The zero-order valence-electron chi connectivity index (χ0n) is 14.2. The van der Waals surface area contributed by atoms with Gasteiger partial charge in [0, 0.05) is 25.2 Å². The number of carbonyl (C=O) groups excluding carboxylic acids is 1. The van der Waals surface area contributed by atoms with E-state index in [-0.39, 0.29) is 29.5 Å². The van der Waals surface area contributed by atoms with Crippen LogP contribution in [-0.4, -0.2) is 42.1 Å². The number of rotatable bonds is 8. The van der Waals surface area contributed by atoms with Crippen molar-refractivity contribution in [2.75, 3.05) is 20.3 Å². The van der Waals surface area contributed by atoms with E-state index in [1.54, 1.807) is 18.2 Å². The number of hydrogen-bond acceptors (Lipinski definition) is 3. The van der Waals surface area contributed by atoms with Gasteiger partial charge in [-0.25, -0.2) is 9.18 Å². The van der Waals surface area contributed by atoms with Gasteiger partial charge in [-0.05, 0) is 29.3 Å². The lowest BCUT2D eigenvalue weighted by molar-refractivity contribution is -0.131. The monoisotopic (exact) mass is 379 g/mol. The molecule has 1 N–H and O–H groups in total. The number of carboxylic acids is 1. The van der Waals surface area contributed by atoms with Gasteiger partial charge in [0.15, 0.2) is 0 Å². The Labute approximate surface area is 156 Å². The van der Waals surface area contributed by atoms with Crippen LogP contribution in [0.15, 0.2) is 42.5 Å². The third-order valence-electron chi connectivity index (χ3n) is 3.88. The normalized spacial score (nSPS) is 10.6. The quantitative estimate of drug-likeness (QED) is 0.763. The Morgan fingerprint density at radius 1 is 1.19 bits per heavy atom. The predicted octanol–water partition coefficient (Wildman–Crippen LogP) is 3.40. The number of aromatic carboxylic acids is 1. The first-order valence-electron chi connectivity index (χ1n) is 7.94. The maximum absolute atomic E-state index is 13.2. The summed E-state index contributed by atoms with van der Waals surface area (Å²) in [6, 6.07) is 10.4. The SMILES string of the molecule is COCCN(Cc1ccc(F)cc1Cl)C(=O)Cc1ccccc1C(=O)O. The molecule has 0 radical (unpaired) electrons. The van der Waals surface area contributed by atoms with Crippen molar-refractivity contribution >= 4 is 23.5 Å². The van der Waals surface area contributed by atoms with Crippen LogP contribution in [0.3, 0.4) is 0 Å². The first-order chi connectivity index (χ1) is 12.4. The third kappa shape index (κ3) is 5.28. The second kappa shape index (κ2) is 9.31. The van der Waals surface area contributed by atoms with E-state index < -0.39 is 11.8 Å². The highest BCUT2D eigenvalue weighted by atomic mass is 35.5. The number of halogens is 2. The van der Waals surface area contributed by atoms with Crippen LogP contribution in [0.5, 0.6) is 0 Å². The molecule has 1 amide bonds. The van der Waals surface area contributed by atoms with Gasteiger partial charge in [0.2, 0.25) is 5.91 Å². The summed E-state index contributed by atoms with van der Waals surface area (Å²) in [5.74, 6) is -1.81. The largest absolute Gasteiger partial charge is 0.478 e. The molecule has 0 atom stereocenters. The van der Waals surface area contributed by atoms with Crippen LogP contribution in [-0.2, 0) is 22.5 Å². The molecule has 0 aliphatic carbocycles. The summed E-state index contributed by atoms with van der Waals surface area (Å²) in [4.78, 5) is 25.6.